The van der Waals surface area contributed by atoms with Crippen molar-refractivity contribution in [3.63, 3.8) is 0 Å². The summed E-state index contributed by atoms with van der Waals surface area (Å²) in [6.45, 7) is 9.73. The highest BCUT2D eigenvalue weighted by atomic mass is 16.1. The first-order valence-corrected chi connectivity index (χ1v) is 7.36. The van der Waals surface area contributed by atoms with Gasteiger partial charge in [-0.15, -0.1) is 0 Å². The van der Waals surface area contributed by atoms with E-state index >= 15 is 0 Å². The van der Waals surface area contributed by atoms with Crippen molar-refractivity contribution in [2.75, 3.05) is 5.32 Å². The SMILES string of the molecule is Cc1ccc(C)c(Nc2nc(C)cc(C(=O)NC(C)C)n2)c1. The average Bonchev–Trinajstić information content (AvgIpc) is 2.41. The molecule has 5 nitrogen and oxygen atoms in total. The van der Waals surface area contributed by atoms with Gasteiger partial charge < -0.3 is 10.6 Å². The number of aromatic nitrogens is 2. The highest BCUT2D eigenvalue weighted by molar-refractivity contribution is 5.92. The van der Waals surface area contributed by atoms with Gasteiger partial charge >= 0.3 is 0 Å². The van der Waals surface area contributed by atoms with Crippen LogP contribution in [0.3, 0.4) is 0 Å². The van der Waals surface area contributed by atoms with E-state index in [4.69, 9.17) is 0 Å². The molecule has 0 unspecified atom stereocenters. The number of benzene rings is 1. The van der Waals surface area contributed by atoms with E-state index in [2.05, 4.69) is 26.7 Å². The molecule has 22 heavy (non-hydrogen) atoms. The molecule has 0 atom stereocenters. The van der Waals surface area contributed by atoms with Gasteiger partial charge in [-0.05, 0) is 57.9 Å². The molecule has 0 aliphatic carbocycles. The first-order chi connectivity index (χ1) is 10.3. The van der Waals surface area contributed by atoms with Crippen LogP contribution < -0.4 is 10.6 Å². The first kappa shape index (κ1) is 15.9. The predicted molar refractivity (Wildman–Crippen MR) is 88.6 cm³/mol. The Hall–Kier alpha value is -2.43. The van der Waals surface area contributed by atoms with Gasteiger partial charge in [-0.3, -0.25) is 4.79 Å². The summed E-state index contributed by atoms with van der Waals surface area (Å²) in [5.41, 5.74) is 4.31. The normalized spacial score (nSPS) is 10.6. The van der Waals surface area contributed by atoms with Crippen molar-refractivity contribution in [2.45, 2.75) is 40.7 Å². The minimum atomic E-state index is -0.190. The first-order valence-electron chi connectivity index (χ1n) is 7.36. The van der Waals surface area contributed by atoms with Gasteiger partial charge in [0, 0.05) is 17.4 Å². The smallest absolute Gasteiger partial charge is 0.270 e. The van der Waals surface area contributed by atoms with Gasteiger partial charge in [-0.1, -0.05) is 12.1 Å². The molecule has 2 N–H and O–H groups in total. The highest BCUT2D eigenvalue weighted by Gasteiger charge is 2.12. The molecule has 0 bridgehead atoms. The zero-order valence-electron chi connectivity index (χ0n) is 13.7. The fraction of sp³-hybridized carbons (Fsp3) is 0.353. The van der Waals surface area contributed by atoms with Crippen molar-refractivity contribution in [2.24, 2.45) is 0 Å². The lowest BCUT2D eigenvalue weighted by molar-refractivity contribution is 0.0938. The largest absolute Gasteiger partial charge is 0.349 e. The Morgan fingerprint density at radius 3 is 2.50 bits per heavy atom. The van der Waals surface area contributed by atoms with Gasteiger partial charge in [0.15, 0.2) is 0 Å². The van der Waals surface area contributed by atoms with E-state index < -0.39 is 0 Å². The quantitative estimate of drug-likeness (QED) is 0.909. The number of nitrogens with one attached hydrogen (secondary N) is 2. The van der Waals surface area contributed by atoms with Crippen LogP contribution in [0.5, 0.6) is 0 Å². The minimum Gasteiger partial charge on any atom is -0.349 e. The summed E-state index contributed by atoms with van der Waals surface area (Å²) in [7, 11) is 0. The maximum absolute atomic E-state index is 12.1. The summed E-state index contributed by atoms with van der Waals surface area (Å²) < 4.78 is 0. The summed E-state index contributed by atoms with van der Waals surface area (Å²) >= 11 is 0. The molecular weight excluding hydrogens is 276 g/mol. The lowest BCUT2D eigenvalue weighted by atomic mass is 10.1. The molecule has 1 aromatic heterocycles. The van der Waals surface area contributed by atoms with Crippen molar-refractivity contribution in [3.05, 3.63) is 46.8 Å². The molecular formula is C17H22N4O. The van der Waals surface area contributed by atoms with Gasteiger partial charge in [-0.25, -0.2) is 9.97 Å². The van der Waals surface area contributed by atoms with Crippen LogP contribution in [0.25, 0.3) is 0 Å². The van der Waals surface area contributed by atoms with E-state index in [1.165, 1.54) is 0 Å². The summed E-state index contributed by atoms with van der Waals surface area (Å²) in [6, 6.07) is 7.89. The van der Waals surface area contributed by atoms with E-state index in [0.717, 1.165) is 22.5 Å². The number of carbonyl (C=O) groups is 1. The van der Waals surface area contributed by atoms with Crippen molar-refractivity contribution >= 4 is 17.5 Å². The molecule has 0 aliphatic heterocycles. The molecule has 0 aliphatic rings. The predicted octanol–water partition coefficient (Wildman–Crippen LogP) is 3.28. The highest BCUT2D eigenvalue weighted by Crippen LogP contribution is 2.20. The number of amides is 1. The van der Waals surface area contributed by atoms with Crippen LogP contribution in [0, 0.1) is 20.8 Å². The van der Waals surface area contributed by atoms with Crippen molar-refractivity contribution in [3.8, 4) is 0 Å². The fourth-order valence-corrected chi connectivity index (χ4v) is 2.07. The number of rotatable bonds is 4. The summed E-state index contributed by atoms with van der Waals surface area (Å²) in [5, 5.41) is 6.04. The maximum atomic E-state index is 12.1. The molecule has 2 aromatic rings. The standard InChI is InChI=1S/C17H22N4O/c1-10(2)18-16(22)15-9-13(5)19-17(21-15)20-14-8-11(3)6-7-12(14)4/h6-10H,1-5H3,(H,18,22)(H,19,20,21). The molecule has 0 radical (unpaired) electrons. The molecule has 5 heteroatoms. The second kappa shape index (κ2) is 6.56. The van der Waals surface area contributed by atoms with Crippen LogP contribution in [0.4, 0.5) is 11.6 Å². The molecule has 0 saturated heterocycles. The lowest BCUT2D eigenvalue weighted by Gasteiger charge is -2.12. The van der Waals surface area contributed by atoms with E-state index in [1.807, 2.05) is 46.8 Å². The van der Waals surface area contributed by atoms with E-state index in [-0.39, 0.29) is 11.9 Å². The molecule has 1 aromatic carbocycles. The Balaban J connectivity index is 2.30. The second-order valence-electron chi connectivity index (χ2n) is 5.79. The summed E-state index contributed by atoms with van der Waals surface area (Å²) in [4.78, 5) is 20.8. The molecule has 1 heterocycles. The third-order valence-electron chi connectivity index (χ3n) is 3.15. The van der Waals surface area contributed by atoms with Crippen LogP contribution in [0.15, 0.2) is 24.3 Å². The average molecular weight is 298 g/mol. The monoisotopic (exact) mass is 298 g/mol. The zero-order valence-corrected chi connectivity index (χ0v) is 13.7. The van der Waals surface area contributed by atoms with Crippen LogP contribution in [-0.4, -0.2) is 21.9 Å². The van der Waals surface area contributed by atoms with E-state index in [1.54, 1.807) is 6.07 Å². The molecule has 1 amide bonds. The third kappa shape index (κ3) is 4.04. The minimum absolute atomic E-state index is 0.0678. The number of nitrogens with zero attached hydrogens (tertiary/aromatic N) is 2. The van der Waals surface area contributed by atoms with Crippen LogP contribution >= 0.6 is 0 Å². The Morgan fingerprint density at radius 2 is 1.82 bits per heavy atom. The number of carbonyl (C=O) groups excluding carboxylic acids is 1. The van der Waals surface area contributed by atoms with Gasteiger partial charge in [0.1, 0.15) is 5.69 Å². The van der Waals surface area contributed by atoms with E-state index in [0.29, 0.717) is 11.6 Å². The lowest BCUT2D eigenvalue weighted by Crippen LogP contribution is -2.31. The topological polar surface area (TPSA) is 66.9 Å². The Morgan fingerprint density at radius 1 is 1.09 bits per heavy atom. The van der Waals surface area contributed by atoms with Crippen molar-refractivity contribution < 1.29 is 4.79 Å². The summed E-state index contributed by atoms with van der Waals surface area (Å²) in [5.74, 6) is 0.243. The van der Waals surface area contributed by atoms with Crippen LogP contribution in [-0.2, 0) is 0 Å². The van der Waals surface area contributed by atoms with Gasteiger partial charge in [0.2, 0.25) is 5.95 Å². The van der Waals surface area contributed by atoms with E-state index in [9.17, 15) is 4.79 Å². The van der Waals surface area contributed by atoms with Crippen molar-refractivity contribution in [1.29, 1.82) is 0 Å². The number of aryl methyl sites for hydroxylation is 3. The van der Waals surface area contributed by atoms with Crippen LogP contribution in [0.2, 0.25) is 0 Å². The molecule has 0 saturated carbocycles. The van der Waals surface area contributed by atoms with Crippen LogP contribution in [0.1, 0.15) is 41.2 Å². The summed E-state index contributed by atoms with van der Waals surface area (Å²) in [6.07, 6.45) is 0. The van der Waals surface area contributed by atoms with Crippen molar-refractivity contribution in [1.82, 2.24) is 15.3 Å². The maximum Gasteiger partial charge on any atom is 0.270 e. The van der Waals surface area contributed by atoms with Gasteiger partial charge in [-0.2, -0.15) is 0 Å². The second-order valence-corrected chi connectivity index (χ2v) is 5.79. The number of hydrogen-bond acceptors (Lipinski definition) is 4. The fourth-order valence-electron chi connectivity index (χ4n) is 2.07. The molecule has 0 fully saturated rings. The number of hydrogen-bond donors (Lipinski definition) is 2. The Bertz CT molecular complexity index is 695. The van der Waals surface area contributed by atoms with Gasteiger partial charge in [0.25, 0.3) is 5.91 Å². The van der Waals surface area contributed by atoms with Gasteiger partial charge in [0.05, 0.1) is 0 Å². The number of anilines is 2. The molecule has 0 spiro atoms. The Labute approximate surface area is 131 Å². The molecule has 2 rings (SSSR count). The third-order valence-corrected chi connectivity index (χ3v) is 3.15. The Kier molecular flexibility index (Phi) is 4.75. The molecule has 116 valence electrons. The zero-order chi connectivity index (χ0) is 16.3.